The van der Waals surface area contributed by atoms with Crippen LogP contribution in [0.3, 0.4) is 0 Å². The first-order valence-electron chi connectivity index (χ1n) is 15.3. The number of furan rings is 1. The number of para-hydroxylation sites is 1. The minimum absolute atomic E-state index is 0.0113. The molecule has 4 aromatic carbocycles. The number of carbonyl (C=O) groups is 3. The summed E-state index contributed by atoms with van der Waals surface area (Å²) in [5, 5.41) is 8.10. The minimum Gasteiger partial charge on any atom is -0.496 e. The van der Waals surface area contributed by atoms with Crippen molar-refractivity contribution in [3.8, 4) is 22.8 Å². The summed E-state index contributed by atoms with van der Waals surface area (Å²) < 4.78 is 16.9. The van der Waals surface area contributed by atoms with E-state index in [1.807, 2.05) is 62.4 Å². The summed E-state index contributed by atoms with van der Waals surface area (Å²) in [7, 11) is 1.58. The molecule has 0 spiro atoms. The Balaban J connectivity index is 1.27. The molecule has 0 aliphatic carbocycles. The molecule has 1 heterocycles. The van der Waals surface area contributed by atoms with Gasteiger partial charge >= 0.3 is 0 Å². The van der Waals surface area contributed by atoms with Crippen molar-refractivity contribution in [1.29, 1.82) is 0 Å². The summed E-state index contributed by atoms with van der Waals surface area (Å²) in [6.07, 6.45) is 1.48. The van der Waals surface area contributed by atoms with E-state index in [4.69, 9.17) is 13.9 Å². The van der Waals surface area contributed by atoms with E-state index in [0.717, 1.165) is 16.2 Å². The molecule has 48 heavy (non-hydrogen) atoms. The molecule has 244 valence electrons. The summed E-state index contributed by atoms with van der Waals surface area (Å²) in [5.74, 6) is 1.16. The fourth-order valence-corrected chi connectivity index (χ4v) is 5.49. The van der Waals surface area contributed by atoms with Crippen LogP contribution in [-0.2, 0) is 9.59 Å². The van der Waals surface area contributed by atoms with E-state index >= 15 is 0 Å². The Morgan fingerprint density at radius 2 is 1.48 bits per heavy atom. The lowest BCUT2D eigenvalue weighted by Crippen LogP contribution is -2.30. The van der Waals surface area contributed by atoms with Crippen molar-refractivity contribution in [1.82, 2.24) is 5.32 Å². The topological polar surface area (TPSA) is 119 Å². The van der Waals surface area contributed by atoms with Crippen LogP contribution >= 0.6 is 11.8 Å². The van der Waals surface area contributed by atoms with Gasteiger partial charge < -0.3 is 29.8 Å². The Bertz CT molecular complexity index is 1890. The van der Waals surface area contributed by atoms with Gasteiger partial charge in [0, 0.05) is 27.9 Å². The van der Waals surface area contributed by atoms with Gasteiger partial charge in [0.2, 0.25) is 5.91 Å². The van der Waals surface area contributed by atoms with Gasteiger partial charge in [0.1, 0.15) is 28.7 Å². The van der Waals surface area contributed by atoms with Crippen molar-refractivity contribution in [3.63, 3.8) is 0 Å². The molecule has 0 radical (unpaired) electrons. The van der Waals surface area contributed by atoms with E-state index in [-0.39, 0.29) is 16.9 Å². The zero-order valence-corrected chi connectivity index (χ0v) is 27.5. The number of benzene rings is 4. The van der Waals surface area contributed by atoms with Crippen molar-refractivity contribution >= 4 is 46.9 Å². The van der Waals surface area contributed by atoms with Crippen molar-refractivity contribution in [2.75, 3.05) is 24.4 Å². The summed E-state index contributed by atoms with van der Waals surface area (Å²) in [6, 6.07) is 33.9. The molecule has 0 aliphatic rings. The first-order valence-corrected chi connectivity index (χ1v) is 16.1. The smallest absolute Gasteiger partial charge is 0.272 e. The average Bonchev–Trinajstić information content (AvgIpc) is 3.58. The van der Waals surface area contributed by atoms with Gasteiger partial charge in [-0.25, -0.2) is 0 Å². The van der Waals surface area contributed by atoms with Crippen LogP contribution in [0.15, 0.2) is 130 Å². The molecule has 3 amide bonds. The summed E-state index contributed by atoms with van der Waals surface area (Å²) in [6.45, 7) is 4.31. The highest BCUT2D eigenvalue weighted by molar-refractivity contribution is 8.00. The highest BCUT2D eigenvalue weighted by atomic mass is 32.2. The lowest BCUT2D eigenvalue weighted by atomic mass is 10.1. The molecule has 1 aromatic heterocycles. The van der Waals surface area contributed by atoms with Crippen molar-refractivity contribution < 1.29 is 28.3 Å². The third-order valence-electron chi connectivity index (χ3n) is 7.04. The number of carbonyl (C=O) groups excluding carboxylic acids is 3. The summed E-state index contributed by atoms with van der Waals surface area (Å²) in [4.78, 5) is 40.2. The number of rotatable bonds is 13. The van der Waals surface area contributed by atoms with Gasteiger partial charge in [0.15, 0.2) is 0 Å². The van der Waals surface area contributed by atoms with Gasteiger partial charge in [0.05, 0.1) is 24.5 Å². The molecule has 0 bridgehead atoms. The minimum atomic E-state index is -0.543. The third kappa shape index (κ3) is 8.95. The van der Waals surface area contributed by atoms with Gasteiger partial charge in [-0.05, 0) is 98.8 Å². The number of thioether (sulfide) groups is 1. The molecule has 0 saturated carbocycles. The maximum Gasteiger partial charge on any atom is 0.272 e. The van der Waals surface area contributed by atoms with Gasteiger partial charge in [-0.3, -0.25) is 14.4 Å². The van der Waals surface area contributed by atoms with E-state index in [0.29, 0.717) is 40.8 Å². The van der Waals surface area contributed by atoms with E-state index < -0.39 is 11.8 Å². The third-order valence-corrected chi connectivity index (χ3v) is 8.15. The Morgan fingerprint density at radius 3 is 2.19 bits per heavy atom. The SMILES string of the molecule is CCOc1ccc(NC(=O)[C@H](C)Sc2ccc(NC(=O)/C(=C\c3ccc(-c4ccccc4OC)o3)NC(=O)c3ccccc3)cc2)cc1. The molecule has 0 unspecified atom stereocenters. The van der Waals surface area contributed by atoms with Gasteiger partial charge in [0.25, 0.3) is 11.8 Å². The fraction of sp³-hybridized carbons (Fsp3) is 0.132. The monoisotopic (exact) mass is 661 g/mol. The van der Waals surface area contributed by atoms with Gasteiger partial charge in [-0.2, -0.15) is 0 Å². The highest BCUT2D eigenvalue weighted by Crippen LogP contribution is 2.31. The molecule has 1 atom stereocenters. The van der Waals surface area contributed by atoms with Gasteiger partial charge in [-0.1, -0.05) is 30.3 Å². The Hall–Kier alpha value is -5.74. The fourth-order valence-electron chi connectivity index (χ4n) is 4.63. The second-order valence-electron chi connectivity index (χ2n) is 10.5. The average molecular weight is 662 g/mol. The summed E-state index contributed by atoms with van der Waals surface area (Å²) in [5.41, 5.74) is 2.32. The lowest BCUT2D eigenvalue weighted by molar-refractivity contribution is -0.115. The van der Waals surface area contributed by atoms with Crippen LogP contribution in [0.1, 0.15) is 30.0 Å². The van der Waals surface area contributed by atoms with Gasteiger partial charge in [-0.15, -0.1) is 11.8 Å². The molecule has 9 nitrogen and oxygen atoms in total. The summed E-state index contributed by atoms with van der Waals surface area (Å²) >= 11 is 1.39. The van der Waals surface area contributed by atoms with E-state index in [2.05, 4.69) is 16.0 Å². The first-order chi connectivity index (χ1) is 23.3. The Labute approximate surface area is 283 Å². The molecule has 3 N–H and O–H groups in total. The molecule has 5 rings (SSSR count). The van der Waals surface area contributed by atoms with Crippen LogP contribution < -0.4 is 25.4 Å². The number of hydrogen-bond donors (Lipinski definition) is 3. The second kappa shape index (κ2) is 16.2. The van der Waals surface area contributed by atoms with Crippen LogP contribution in [0, 0.1) is 0 Å². The second-order valence-corrected chi connectivity index (χ2v) is 11.9. The number of anilines is 2. The zero-order chi connectivity index (χ0) is 33.9. The Morgan fingerprint density at radius 1 is 0.812 bits per heavy atom. The van der Waals surface area contributed by atoms with Crippen molar-refractivity contribution in [2.45, 2.75) is 24.0 Å². The van der Waals surface area contributed by atoms with E-state index in [9.17, 15) is 14.4 Å². The predicted octanol–water partition coefficient (Wildman–Crippen LogP) is 7.88. The van der Waals surface area contributed by atoms with Crippen molar-refractivity contribution in [2.24, 2.45) is 0 Å². The lowest BCUT2D eigenvalue weighted by Gasteiger charge is -2.14. The predicted molar refractivity (Wildman–Crippen MR) is 189 cm³/mol. The van der Waals surface area contributed by atoms with E-state index in [1.165, 1.54) is 17.8 Å². The highest BCUT2D eigenvalue weighted by Gasteiger charge is 2.18. The molecule has 10 heteroatoms. The molecular formula is C38H35N3O6S. The first kappa shape index (κ1) is 33.6. The largest absolute Gasteiger partial charge is 0.496 e. The Kier molecular flexibility index (Phi) is 11.3. The number of nitrogens with one attached hydrogen (secondary N) is 3. The number of hydrogen-bond acceptors (Lipinski definition) is 7. The van der Waals surface area contributed by atoms with Crippen LogP contribution in [0.4, 0.5) is 11.4 Å². The zero-order valence-electron chi connectivity index (χ0n) is 26.7. The number of amides is 3. The number of ether oxygens (including phenoxy) is 2. The van der Waals surface area contributed by atoms with Crippen LogP contribution in [0.2, 0.25) is 0 Å². The quantitative estimate of drug-likeness (QED) is 0.0868. The maximum atomic E-state index is 13.5. The molecule has 0 saturated heterocycles. The van der Waals surface area contributed by atoms with E-state index in [1.54, 1.807) is 73.8 Å². The number of methoxy groups -OCH3 is 1. The van der Waals surface area contributed by atoms with Crippen LogP contribution in [0.5, 0.6) is 11.5 Å². The molecular weight excluding hydrogens is 627 g/mol. The molecule has 0 fully saturated rings. The maximum absolute atomic E-state index is 13.5. The molecule has 0 aliphatic heterocycles. The normalized spacial score (nSPS) is 11.7. The molecule has 5 aromatic rings. The van der Waals surface area contributed by atoms with Crippen LogP contribution in [-0.4, -0.2) is 36.7 Å². The van der Waals surface area contributed by atoms with Crippen molar-refractivity contribution in [3.05, 3.63) is 132 Å². The standard InChI is InChI=1S/C38H35N3O6S/c1-4-46-29-18-14-27(15-19-29)39-36(42)25(2)48-31-21-16-28(17-22-31)40-38(44)33(41-37(43)26-10-6-5-7-11-26)24-30-20-23-35(47-30)32-12-8-9-13-34(32)45-3/h5-25H,4H2,1-3H3,(H,39,42)(H,40,44)(H,41,43)/b33-24+/t25-/m0/s1. The van der Waals surface area contributed by atoms with Crippen LogP contribution in [0.25, 0.3) is 17.4 Å².